The van der Waals surface area contributed by atoms with Crippen molar-refractivity contribution in [2.75, 3.05) is 6.54 Å². The first-order valence-corrected chi connectivity index (χ1v) is 16.9. The van der Waals surface area contributed by atoms with Crippen LogP contribution >= 0.6 is 0 Å². The molecule has 2 heterocycles. The lowest BCUT2D eigenvalue weighted by atomic mass is 9.82. The van der Waals surface area contributed by atoms with Gasteiger partial charge in [0.05, 0.1) is 6.04 Å². The van der Waals surface area contributed by atoms with Crippen molar-refractivity contribution < 1.29 is 28.8 Å². The molecule has 252 valence electrons. The van der Waals surface area contributed by atoms with Gasteiger partial charge < -0.3 is 26.2 Å². The number of ketones is 1. The van der Waals surface area contributed by atoms with Crippen LogP contribution in [-0.4, -0.2) is 82.0 Å². The van der Waals surface area contributed by atoms with Crippen LogP contribution in [0.5, 0.6) is 0 Å². The fourth-order valence-corrected chi connectivity index (χ4v) is 6.39. The number of hydrogen-bond donors (Lipinski definition) is 4. The van der Waals surface area contributed by atoms with Crippen molar-refractivity contribution in [1.82, 2.24) is 31.2 Å². The lowest BCUT2D eigenvalue weighted by Gasteiger charge is -2.37. The average Bonchev–Trinajstić information content (AvgIpc) is 3.71. The van der Waals surface area contributed by atoms with Crippen molar-refractivity contribution in [2.45, 2.75) is 129 Å². The number of carbonyl (C=O) groups excluding carboxylic acids is 6. The molecule has 4 atom stereocenters. The number of likely N-dealkylation sites (tertiary alicyclic amines) is 1. The second kappa shape index (κ2) is 15.6. The SMILES string of the molecule is CCC[C@H](NC(=O)[C@@H]1CCCN1C(=O)[C@@H](NC(=O)[C@@H](NC(=O)c1ccccn1)C1CCCCC1)C(C)(C)C)C(=O)C(=O)NC1CC1. The molecule has 0 aromatic carbocycles. The Morgan fingerprint density at radius 2 is 1.63 bits per heavy atom. The average molecular weight is 639 g/mol. The summed E-state index contributed by atoms with van der Waals surface area (Å²) >= 11 is 0. The molecule has 2 aliphatic carbocycles. The van der Waals surface area contributed by atoms with Gasteiger partial charge in [0.2, 0.25) is 23.5 Å². The van der Waals surface area contributed by atoms with Gasteiger partial charge in [-0.1, -0.05) is 59.4 Å². The molecule has 3 fully saturated rings. The number of aromatic nitrogens is 1. The summed E-state index contributed by atoms with van der Waals surface area (Å²) < 4.78 is 0. The van der Waals surface area contributed by atoms with E-state index in [-0.39, 0.29) is 17.7 Å². The van der Waals surface area contributed by atoms with Gasteiger partial charge in [-0.25, -0.2) is 0 Å². The van der Waals surface area contributed by atoms with E-state index in [2.05, 4.69) is 26.3 Å². The fourth-order valence-electron chi connectivity index (χ4n) is 6.39. The Kier molecular flexibility index (Phi) is 11.9. The molecule has 1 aliphatic heterocycles. The van der Waals surface area contributed by atoms with Gasteiger partial charge >= 0.3 is 0 Å². The zero-order chi connectivity index (χ0) is 33.4. The minimum absolute atomic E-state index is 0.0166. The predicted molar refractivity (Wildman–Crippen MR) is 171 cm³/mol. The van der Waals surface area contributed by atoms with E-state index in [0.717, 1.165) is 44.9 Å². The number of rotatable bonds is 13. The Balaban J connectivity index is 1.48. The molecule has 1 saturated heterocycles. The summed E-state index contributed by atoms with van der Waals surface area (Å²) in [4.78, 5) is 85.7. The first-order valence-electron chi connectivity index (χ1n) is 16.9. The first-order chi connectivity index (χ1) is 21.9. The molecule has 0 spiro atoms. The number of Topliss-reactive ketones (excluding diaryl/α,β-unsaturated/α-hetero) is 1. The van der Waals surface area contributed by atoms with E-state index in [9.17, 15) is 28.8 Å². The summed E-state index contributed by atoms with van der Waals surface area (Å²) in [5.41, 5.74) is -0.518. The lowest BCUT2D eigenvalue weighted by molar-refractivity contribution is -0.145. The van der Waals surface area contributed by atoms with Crippen molar-refractivity contribution in [3.63, 3.8) is 0 Å². The monoisotopic (exact) mass is 638 g/mol. The van der Waals surface area contributed by atoms with Crippen LogP contribution in [-0.2, 0) is 24.0 Å². The third kappa shape index (κ3) is 9.13. The summed E-state index contributed by atoms with van der Waals surface area (Å²) in [6.07, 6.45) is 9.57. The van der Waals surface area contributed by atoms with E-state index >= 15 is 0 Å². The molecule has 1 aromatic heterocycles. The fraction of sp³-hybridized carbons (Fsp3) is 0.676. The molecule has 4 N–H and O–H groups in total. The van der Waals surface area contributed by atoms with Crippen LogP contribution in [0.1, 0.15) is 109 Å². The second-order valence-corrected chi connectivity index (χ2v) is 14.0. The minimum atomic E-state index is -0.983. The molecule has 0 radical (unpaired) electrons. The molecule has 3 aliphatic rings. The molecular weight excluding hydrogens is 588 g/mol. The van der Waals surface area contributed by atoms with Crippen LogP contribution in [0.4, 0.5) is 0 Å². The third-order valence-electron chi connectivity index (χ3n) is 9.17. The number of nitrogens with one attached hydrogen (secondary N) is 4. The highest BCUT2D eigenvalue weighted by molar-refractivity contribution is 6.38. The van der Waals surface area contributed by atoms with Crippen LogP contribution in [0, 0.1) is 11.3 Å². The maximum Gasteiger partial charge on any atom is 0.289 e. The van der Waals surface area contributed by atoms with Gasteiger partial charge in [-0.15, -0.1) is 0 Å². The molecule has 4 rings (SSSR count). The van der Waals surface area contributed by atoms with Gasteiger partial charge in [0.25, 0.3) is 11.8 Å². The number of carbonyl (C=O) groups is 6. The van der Waals surface area contributed by atoms with Gasteiger partial charge in [-0.05, 0) is 68.4 Å². The number of amides is 5. The molecule has 2 saturated carbocycles. The highest BCUT2D eigenvalue weighted by Crippen LogP contribution is 2.29. The van der Waals surface area contributed by atoms with E-state index in [0.29, 0.717) is 32.2 Å². The second-order valence-electron chi connectivity index (χ2n) is 14.0. The minimum Gasteiger partial charge on any atom is -0.347 e. The van der Waals surface area contributed by atoms with Crippen molar-refractivity contribution in [2.24, 2.45) is 11.3 Å². The Morgan fingerprint density at radius 3 is 2.24 bits per heavy atom. The molecule has 46 heavy (non-hydrogen) atoms. The molecule has 1 aromatic rings. The number of pyridine rings is 1. The third-order valence-corrected chi connectivity index (χ3v) is 9.17. The summed E-state index contributed by atoms with van der Waals surface area (Å²) in [7, 11) is 0. The van der Waals surface area contributed by atoms with Gasteiger partial charge in [-0.3, -0.25) is 33.8 Å². The van der Waals surface area contributed by atoms with Gasteiger partial charge in [0.15, 0.2) is 0 Å². The molecular formula is C34H50N6O6. The predicted octanol–water partition coefficient (Wildman–Crippen LogP) is 2.41. The van der Waals surface area contributed by atoms with Crippen LogP contribution in [0.2, 0.25) is 0 Å². The van der Waals surface area contributed by atoms with Crippen LogP contribution in [0.3, 0.4) is 0 Å². The molecule has 12 heteroatoms. The topological polar surface area (TPSA) is 167 Å². The van der Waals surface area contributed by atoms with Crippen molar-refractivity contribution in [3.05, 3.63) is 30.1 Å². The normalized spacial score (nSPS) is 20.6. The van der Waals surface area contributed by atoms with Gasteiger partial charge in [0, 0.05) is 18.8 Å². The maximum absolute atomic E-state index is 14.2. The van der Waals surface area contributed by atoms with Crippen molar-refractivity contribution >= 4 is 35.3 Å². The standard InChI is InChI=1S/C34H50N6O6/c1-5-12-23(27(41)32(45)36-22-17-18-22)37-30(43)25-16-11-20-40(25)33(46)28(34(2,3)4)39-31(44)26(21-13-7-6-8-14-21)38-29(42)24-15-9-10-19-35-24/h9-10,15,19,21-23,25-26,28H,5-8,11-14,16-18,20H2,1-4H3,(H,36,45)(H,37,43)(H,38,42)(H,39,44)/t23-,25-,26-,28+/m0/s1. The number of hydrogen-bond acceptors (Lipinski definition) is 7. The van der Waals surface area contributed by atoms with Crippen molar-refractivity contribution in [3.8, 4) is 0 Å². The van der Waals surface area contributed by atoms with E-state index in [1.54, 1.807) is 18.2 Å². The van der Waals surface area contributed by atoms with Gasteiger partial charge in [0.1, 0.15) is 23.8 Å². The summed E-state index contributed by atoms with van der Waals surface area (Å²) in [6.45, 7) is 7.72. The molecule has 5 amide bonds. The summed E-state index contributed by atoms with van der Waals surface area (Å²) in [5.74, 6) is -3.26. The Morgan fingerprint density at radius 1 is 0.913 bits per heavy atom. The molecule has 0 unspecified atom stereocenters. The van der Waals surface area contributed by atoms with Gasteiger partial charge in [-0.2, -0.15) is 0 Å². The van der Waals surface area contributed by atoms with E-state index < -0.39 is 64.9 Å². The Labute approximate surface area is 271 Å². The highest BCUT2D eigenvalue weighted by Gasteiger charge is 2.44. The lowest BCUT2D eigenvalue weighted by Crippen LogP contribution is -2.62. The maximum atomic E-state index is 14.2. The zero-order valence-electron chi connectivity index (χ0n) is 27.6. The van der Waals surface area contributed by atoms with Crippen LogP contribution in [0.25, 0.3) is 0 Å². The van der Waals surface area contributed by atoms with Crippen LogP contribution < -0.4 is 21.3 Å². The Bertz CT molecular complexity index is 1270. The van der Waals surface area contributed by atoms with Crippen LogP contribution in [0.15, 0.2) is 24.4 Å². The van der Waals surface area contributed by atoms with Crippen molar-refractivity contribution in [1.29, 1.82) is 0 Å². The smallest absolute Gasteiger partial charge is 0.289 e. The zero-order valence-corrected chi connectivity index (χ0v) is 27.6. The first kappa shape index (κ1) is 35.0. The van der Waals surface area contributed by atoms with E-state index in [1.807, 2.05) is 27.7 Å². The molecule has 0 bridgehead atoms. The highest BCUT2D eigenvalue weighted by atomic mass is 16.2. The Hall–Kier alpha value is -3.83. The summed E-state index contributed by atoms with van der Waals surface area (Å²) in [6, 6.07) is 1.36. The molecule has 12 nitrogen and oxygen atoms in total. The quantitative estimate of drug-likeness (QED) is 0.241. The summed E-state index contributed by atoms with van der Waals surface area (Å²) in [5, 5.41) is 11.3. The van der Waals surface area contributed by atoms with E-state index in [1.165, 1.54) is 11.1 Å². The largest absolute Gasteiger partial charge is 0.347 e. The van der Waals surface area contributed by atoms with E-state index in [4.69, 9.17) is 0 Å². The number of nitrogens with zero attached hydrogens (tertiary/aromatic N) is 2.